The van der Waals surface area contributed by atoms with Gasteiger partial charge in [0.15, 0.2) is 0 Å². The molecule has 10 heteroatoms. The minimum Gasteiger partial charge on any atom is -0.550 e. The molecular weight excluding hydrogens is 567 g/mol. The molecule has 0 aliphatic carbocycles. The van der Waals surface area contributed by atoms with E-state index in [1.54, 1.807) is 0 Å². The summed E-state index contributed by atoms with van der Waals surface area (Å²) >= 11 is 0. The summed E-state index contributed by atoms with van der Waals surface area (Å²) in [4.78, 5) is 63.3. The van der Waals surface area contributed by atoms with Crippen LogP contribution in [0.2, 0.25) is 0 Å². The van der Waals surface area contributed by atoms with Gasteiger partial charge in [-0.1, -0.05) is 91.0 Å². The number of aryl methyl sites for hydroxylation is 3. The molecule has 0 aromatic heterocycles. The summed E-state index contributed by atoms with van der Waals surface area (Å²) in [5.74, 6) is -4.76. The van der Waals surface area contributed by atoms with E-state index in [-0.39, 0.29) is 54.0 Å². The first-order valence-electron chi connectivity index (χ1n) is 13.3. The van der Waals surface area contributed by atoms with E-state index in [1.165, 1.54) is 0 Å². The molecule has 0 spiro atoms. The van der Waals surface area contributed by atoms with Gasteiger partial charge in [0.25, 0.3) is 0 Å². The van der Waals surface area contributed by atoms with Gasteiger partial charge in [0, 0.05) is 56.4 Å². The molecule has 3 aromatic rings. The molecule has 0 atom stereocenters. The molecule has 0 bridgehead atoms. The summed E-state index contributed by atoms with van der Waals surface area (Å²) in [6, 6.07) is 28.5. The van der Waals surface area contributed by atoms with Crippen molar-refractivity contribution in [2.24, 2.45) is 0 Å². The number of hydrogen-bond acceptors (Lipinski definition) is 9. The molecule has 0 aliphatic heterocycles. The molecule has 0 N–H and O–H groups in total. The van der Waals surface area contributed by atoms with Crippen molar-refractivity contribution in [1.29, 1.82) is 0 Å². The number of aliphatic carboxylic acids is 3. The Kier molecular flexibility index (Phi) is 20.8. The van der Waals surface area contributed by atoms with E-state index in [9.17, 15) is 44.1 Å². The number of rotatable bonds is 15. The van der Waals surface area contributed by atoms with Gasteiger partial charge in [-0.3, -0.25) is 14.4 Å². The smallest absolute Gasteiger partial charge is 0.550 e. The van der Waals surface area contributed by atoms with Crippen LogP contribution in [0.3, 0.4) is 0 Å². The Bertz CT molecular complexity index is 1120. The fourth-order valence-electron chi connectivity index (χ4n) is 3.53. The Balaban J connectivity index is 0.000000608. The summed E-state index contributed by atoms with van der Waals surface area (Å²) in [5, 5.41) is 30.3. The molecule has 9 nitrogen and oxygen atoms in total. The molecule has 0 radical (unpaired) electrons. The van der Waals surface area contributed by atoms with Gasteiger partial charge < -0.3 is 29.7 Å². The minimum atomic E-state index is -1.30. The quantitative estimate of drug-likeness (QED) is 0.179. The van der Waals surface area contributed by atoms with Gasteiger partial charge in [0.05, 0.1) is 0 Å². The van der Waals surface area contributed by atoms with E-state index in [0.29, 0.717) is 19.3 Å². The Labute approximate surface area is 261 Å². The maximum Gasteiger partial charge on any atom is 3.00 e. The SMILES string of the molecule is O=C([O-])CC(=O)CCc1ccccc1.O=C([O-])CC(=O)CCc1ccccc1.O=C([O-])CC(=O)CCc1ccccc1.[Al+3]. The molecule has 0 saturated heterocycles. The van der Waals surface area contributed by atoms with Crippen molar-refractivity contribution in [2.75, 3.05) is 0 Å². The average molecular weight is 601 g/mol. The molecule has 3 aromatic carbocycles. The van der Waals surface area contributed by atoms with Crippen LogP contribution in [0.15, 0.2) is 91.0 Å². The third kappa shape index (κ3) is 22.0. The number of carboxylic acids is 3. The zero-order chi connectivity index (χ0) is 31.2. The molecule has 0 unspecified atom stereocenters. The van der Waals surface area contributed by atoms with Crippen molar-refractivity contribution in [3.05, 3.63) is 108 Å². The molecule has 3 rings (SSSR count). The fraction of sp³-hybridized carbons (Fsp3) is 0.273. The second-order valence-corrected chi connectivity index (χ2v) is 9.22. The van der Waals surface area contributed by atoms with Crippen molar-refractivity contribution in [2.45, 2.75) is 57.8 Å². The Morgan fingerprint density at radius 3 is 0.791 bits per heavy atom. The van der Waals surface area contributed by atoms with Crippen molar-refractivity contribution < 1.29 is 44.1 Å². The summed E-state index contributed by atoms with van der Waals surface area (Å²) in [7, 11) is 0. The third-order valence-corrected chi connectivity index (χ3v) is 5.63. The minimum absolute atomic E-state index is 0. The first kappa shape index (κ1) is 38.6. The van der Waals surface area contributed by atoms with Crippen LogP contribution in [-0.2, 0) is 48.0 Å². The molecule has 0 fully saturated rings. The van der Waals surface area contributed by atoms with E-state index in [4.69, 9.17) is 0 Å². The summed E-state index contributed by atoms with van der Waals surface area (Å²) in [6.45, 7) is 0. The normalized spacial score (nSPS) is 9.49. The van der Waals surface area contributed by atoms with Crippen molar-refractivity contribution in [3.63, 3.8) is 0 Å². The van der Waals surface area contributed by atoms with E-state index >= 15 is 0 Å². The second-order valence-electron chi connectivity index (χ2n) is 9.22. The standard InChI is InChI=1S/3C11H12O3.Al/c3*12-10(8-11(13)14)7-6-9-4-2-1-3-5-9;/h3*1-5H,6-8H2,(H,13,14);/q;;;+3/p-3. The number of benzene rings is 3. The fourth-order valence-corrected chi connectivity index (χ4v) is 3.53. The first-order chi connectivity index (χ1) is 20.0. The van der Waals surface area contributed by atoms with Crippen molar-refractivity contribution >= 4 is 52.6 Å². The number of carboxylic acid groups (broad SMARTS) is 3. The predicted octanol–water partition coefficient (Wildman–Crippen LogP) is 0.604. The van der Waals surface area contributed by atoms with Gasteiger partial charge in [0.1, 0.15) is 17.3 Å². The van der Waals surface area contributed by atoms with Crippen LogP contribution < -0.4 is 15.3 Å². The molecule has 0 heterocycles. The van der Waals surface area contributed by atoms with Crippen molar-refractivity contribution in [1.82, 2.24) is 0 Å². The van der Waals surface area contributed by atoms with Crippen LogP contribution in [0, 0.1) is 0 Å². The predicted molar refractivity (Wildman–Crippen MR) is 154 cm³/mol. The second kappa shape index (κ2) is 23.2. The number of ketones is 3. The average Bonchev–Trinajstić information content (AvgIpc) is 2.95. The van der Waals surface area contributed by atoms with Gasteiger partial charge in [-0.2, -0.15) is 0 Å². The number of Topliss-reactive ketones (excluding diaryl/α,β-unsaturated/α-hetero) is 3. The summed E-state index contributed by atoms with van der Waals surface area (Å²) in [5.41, 5.74) is 3.12. The van der Waals surface area contributed by atoms with E-state index in [0.717, 1.165) is 16.7 Å². The number of carbonyl (C=O) groups is 6. The zero-order valence-corrected chi connectivity index (χ0v) is 24.9. The van der Waals surface area contributed by atoms with Crippen LogP contribution >= 0.6 is 0 Å². The van der Waals surface area contributed by atoms with Crippen LogP contribution in [0.25, 0.3) is 0 Å². The molecule has 222 valence electrons. The summed E-state index contributed by atoms with van der Waals surface area (Å²) < 4.78 is 0. The van der Waals surface area contributed by atoms with Crippen LogP contribution in [0.5, 0.6) is 0 Å². The molecule has 43 heavy (non-hydrogen) atoms. The number of carbonyl (C=O) groups excluding carboxylic acids is 6. The Hall–Kier alpha value is -4.39. The van der Waals surface area contributed by atoms with Gasteiger partial charge in [-0.25, -0.2) is 0 Å². The maximum atomic E-state index is 11.0. The summed E-state index contributed by atoms with van der Waals surface area (Å²) in [6.07, 6.45) is 1.12. The van der Waals surface area contributed by atoms with Crippen LogP contribution in [-0.4, -0.2) is 52.6 Å². The van der Waals surface area contributed by atoms with Gasteiger partial charge in [0.2, 0.25) is 0 Å². The molecule has 0 saturated carbocycles. The third-order valence-electron chi connectivity index (χ3n) is 5.63. The van der Waals surface area contributed by atoms with E-state index in [2.05, 4.69) is 0 Å². The Morgan fingerprint density at radius 1 is 0.395 bits per heavy atom. The van der Waals surface area contributed by atoms with Gasteiger partial charge >= 0.3 is 17.4 Å². The van der Waals surface area contributed by atoms with Gasteiger partial charge in [-0.15, -0.1) is 0 Å². The van der Waals surface area contributed by atoms with Crippen LogP contribution in [0.4, 0.5) is 0 Å². The largest absolute Gasteiger partial charge is 3.00 e. The van der Waals surface area contributed by atoms with Gasteiger partial charge in [-0.05, 0) is 36.0 Å². The maximum absolute atomic E-state index is 11.0. The zero-order valence-electron chi connectivity index (χ0n) is 23.8. The van der Waals surface area contributed by atoms with Crippen molar-refractivity contribution in [3.8, 4) is 0 Å². The molecule has 0 aliphatic rings. The Morgan fingerprint density at radius 2 is 0.605 bits per heavy atom. The van der Waals surface area contributed by atoms with E-state index in [1.807, 2.05) is 91.0 Å². The van der Waals surface area contributed by atoms with Crippen LogP contribution in [0.1, 0.15) is 55.2 Å². The molecule has 0 amide bonds. The van der Waals surface area contributed by atoms with E-state index < -0.39 is 37.2 Å². The molecular formula is C33H33AlO9. The monoisotopic (exact) mass is 600 g/mol. The number of hydrogen-bond donors (Lipinski definition) is 0. The topological polar surface area (TPSA) is 172 Å². The first-order valence-corrected chi connectivity index (χ1v) is 13.3.